The van der Waals surface area contributed by atoms with Gasteiger partial charge in [-0.25, -0.2) is 0 Å². The maximum atomic E-state index is 12.3. The van der Waals surface area contributed by atoms with Crippen LogP contribution in [0.15, 0.2) is 58.2 Å². The number of anilines is 1. The number of nitrogens with zero attached hydrogens (tertiary/aromatic N) is 3. The topological polar surface area (TPSA) is 98.1 Å². The molecular weight excluding hydrogens is 470 g/mol. The molecule has 0 bridgehead atoms. The van der Waals surface area contributed by atoms with E-state index < -0.39 is 0 Å². The van der Waals surface area contributed by atoms with Gasteiger partial charge in [0.1, 0.15) is 5.75 Å². The summed E-state index contributed by atoms with van der Waals surface area (Å²) in [6.45, 7) is 0.229. The summed E-state index contributed by atoms with van der Waals surface area (Å²) in [5.74, 6) is 0.967. The standard InChI is InChI=1S/C20H20BrN5O3S/c1-26-17(11-22-19(28)13-7-9-14(21)10-8-13)24-25-20(26)30-12-18(27)23-15-5-3-4-6-16(15)29-2/h3-10H,11-12H2,1-2H3,(H,22,28)(H,23,27). The van der Waals surface area contributed by atoms with Crippen LogP contribution in [-0.2, 0) is 18.4 Å². The first-order chi connectivity index (χ1) is 14.5. The van der Waals surface area contributed by atoms with Crippen molar-refractivity contribution in [3.63, 3.8) is 0 Å². The lowest BCUT2D eigenvalue weighted by atomic mass is 10.2. The van der Waals surface area contributed by atoms with E-state index in [0.717, 1.165) is 4.47 Å². The highest BCUT2D eigenvalue weighted by molar-refractivity contribution is 9.10. The highest BCUT2D eigenvalue weighted by Gasteiger charge is 2.14. The Bertz CT molecular complexity index is 1040. The Morgan fingerprint density at radius 1 is 1.13 bits per heavy atom. The zero-order valence-corrected chi connectivity index (χ0v) is 18.8. The molecule has 2 aromatic carbocycles. The van der Waals surface area contributed by atoms with Gasteiger partial charge in [0.15, 0.2) is 11.0 Å². The van der Waals surface area contributed by atoms with E-state index in [4.69, 9.17) is 4.74 Å². The molecule has 2 amide bonds. The van der Waals surface area contributed by atoms with Gasteiger partial charge in [-0.3, -0.25) is 9.59 Å². The van der Waals surface area contributed by atoms with E-state index in [2.05, 4.69) is 36.8 Å². The lowest BCUT2D eigenvalue weighted by molar-refractivity contribution is -0.113. The Balaban J connectivity index is 1.53. The summed E-state index contributed by atoms with van der Waals surface area (Å²) in [7, 11) is 3.35. The first-order valence-corrected chi connectivity index (χ1v) is 10.7. The fourth-order valence-electron chi connectivity index (χ4n) is 2.55. The van der Waals surface area contributed by atoms with Gasteiger partial charge < -0.3 is 19.9 Å². The van der Waals surface area contributed by atoms with Crippen molar-refractivity contribution in [2.75, 3.05) is 18.2 Å². The molecule has 1 aromatic heterocycles. The van der Waals surface area contributed by atoms with Crippen molar-refractivity contribution < 1.29 is 14.3 Å². The van der Waals surface area contributed by atoms with Gasteiger partial charge in [-0.15, -0.1) is 10.2 Å². The summed E-state index contributed by atoms with van der Waals surface area (Å²) in [4.78, 5) is 24.5. The van der Waals surface area contributed by atoms with E-state index in [0.29, 0.717) is 28.0 Å². The second-order valence-electron chi connectivity index (χ2n) is 6.18. The maximum Gasteiger partial charge on any atom is 0.251 e. The maximum absolute atomic E-state index is 12.3. The number of thioether (sulfide) groups is 1. The van der Waals surface area contributed by atoms with Crippen LogP contribution in [0.5, 0.6) is 5.75 Å². The second-order valence-corrected chi connectivity index (χ2v) is 8.04. The SMILES string of the molecule is COc1ccccc1NC(=O)CSc1nnc(CNC(=O)c2ccc(Br)cc2)n1C. The number of methoxy groups -OCH3 is 1. The monoisotopic (exact) mass is 489 g/mol. The van der Waals surface area contributed by atoms with Crippen LogP contribution in [0.2, 0.25) is 0 Å². The normalized spacial score (nSPS) is 10.5. The van der Waals surface area contributed by atoms with Gasteiger partial charge in [0, 0.05) is 17.1 Å². The van der Waals surface area contributed by atoms with Gasteiger partial charge in [0.2, 0.25) is 5.91 Å². The van der Waals surface area contributed by atoms with Crippen molar-refractivity contribution in [3.8, 4) is 5.75 Å². The van der Waals surface area contributed by atoms with Crippen LogP contribution in [0.4, 0.5) is 5.69 Å². The van der Waals surface area contributed by atoms with E-state index in [-0.39, 0.29) is 24.1 Å². The van der Waals surface area contributed by atoms with E-state index in [1.54, 1.807) is 43.0 Å². The molecule has 156 valence electrons. The van der Waals surface area contributed by atoms with Crippen molar-refractivity contribution in [3.05, 3.63) is 64.4 Å². The first-order valence-electron chi connectivity index (χ1n) is 8.95. The quantitative estimate of drug-likeness (QED) is 0.471. The zero-order chi connectivity index (χ0) is 21.5. The number of ether oxygens (including phenoxy) is 1. The van der Waals surface area contributed by atoms with Crippen molar-refractivity contribution in [1.29, 1.82) is 0 Å². The van der Waals surface area contributed by atoms with Gasteiger partial charge in [0.25, 0.3) is 5.91 Å². The van der Waals surface area contributed by atoms with Crippen molar-refractivity contribution in [1.82, 2.24) is 20.1 Å². The summed E-state index contributed by atoms with van der Waals surface area (Å²) in [6.07, 6.45) is 0. The number of rotatable bonds is 8. The summed E-state index contributed by atoms with van der Waals surface area (Å²) >= 11 is 4.60. The summed E-state index contributed by atoms with van der Waals surface area (Å²) < 4.78 is 7.89. The largest absolute Gasteiger partial charge is 0.495 e. The number of benzene rings is 2. The number of para-hydroxylation sites is 2. The van der Waals surface area contributed by atoms with Crippen molar-refractivity contribution in [2.24, 2.45) is 7.05 Å². The second kappa shape index (κ2) is 10.3. The van der Waals surface area contributed by atoms with Gasteiger partial charge in [-0.1, -0.05) is 39.8 Å². The van der Waals surface area contributed by atoms with Crippen LogP contribution in [0.1, 0.15) is 16.2 Å². The number of carbonyl (C=O) groups excluding carboxylic acids is 2. The van der Waals surface area contributed by atoms with Gasteiger partial charge in [-0.05, 0) is 36.4 Å². The molecule has 0 saturated heterocycles. The van der Waals surface area contributed by atoms with Crippen LogP contribution in [0, 0.1) is 0 Å². The molecule has 1 heterocycles. The number of nitrogens with one attached hydrogen (secondary N) is 2. The van der Waals surface area contributed by atoms with Crippen molar-refractivity contribution in [2.45, 2.75) is 11.7 Å². The molecule has 10 heteroatoms. The summed E-state index contributed by atoms with van der Waals surface area (Å²) in [5, 5.41) is 14.4. The minimum absolute atomic E-state index is 0.162. The lowest BCUT2D eigenvalue weighted by Gasteiger charge is -2.09. The average Bonchev–Trinajstić information content (AvgIpc) is 3.11. The van der Waals surface area contributed by atoms with E-state index in [9.17, 15) is 9.59 Å². The number of hydrogen-bond acceptors (Lipinski definition) is 6. The fraction of sp³-hybridized carbons (Fsp3) is 0.200. The van der Waals surface area contributed by atoms with Crippen LogP contribution in [0.3, 0.4) is 0 Å². The highest BCUT2D eigenvalue weighted by atomic mass is 79.9. The molecule has 30 heavy (non-hydrogen) atoms. The predicted octanol–water partition coefficient (Wildman–Crippen LogP) is 3.25. The Kier molecular flexibility index (Phi) is 7.47. The lowest BCUT2D eigenvalue weighted by Crippen LogP contribution is -2.24. The third kappa shape index (κ3) is 5.61. The van der Waals surface area contributed by atoms with Crippen LogP contribution in [0.25, 0.3) is 0 Å². The molecule has 0 unspecified atom stereocenters. The Hall–Kier alpha value is -2.85. The average molecular weight is 490 g/mol. The van der Waals surface area contributed by atoms with E-state index in [1.165, 1.54) is 11.8 Å². The summed E-state index contributed by atoms with van der Waals surface area (Å²) in [5.41, 5.74) is 1.17. The van der Waals surface area contributed by atoms with Crippen LogP contribution in [-0.4, -0.2) is 39.4 Å². The van der Waals surface area contributed by atoms with E-state index >= 15 is 0 Å². The molecular formula is C20H20BrN5O3S. The highest BCUT2D eigenvalue weighted by Crippen LogP contribution is 2.24. The molecule has 0 radical (unpaired) electrons. The van der Waals surface area contributed by atoms with Gasteiger partial charge in [0.05, 0.1) is 25.1 Å². The number of halogens is 1. The molecule has 8 nitrogen and oxygen atoms in total. The number of amides is 2. The third-order valence-corrected chi connectivity index (χ3v) is 5.70. The molecule has 0 atom stereocenters. The van der Waals surface area contributed by atoms with Gasteiger partial charge >= 0.3 is 0 Å². The Labute approximate surface area is 186 Å². The van der Waals surface area contributed by atoms with Crippen LogP contribution >= 0.6 is 27.7 Å². The number of carbonyl (C=O) groups is 2. The fourth-order valence-corrected chi connectivity index (χ4v) is 3.55. The summed E-state index contributed by atoms with van der Waals surface area (Å²) in [6, 6.07) is 14.3. The first kappa shape index (κ1) is 21.8. The van der Waals surface area contributed by atoms with Crippen molar-refractivity contribution >= 4 is 45.2 Å². The smallest absolute Gasteiger partial charge is 0.251 e. The zero-order valence-electron chi connectivity index (χ0n) is 16.4. The number of hydrogen-bond donors (Lipinski definition) is 2. The Morgan fingerprint density at radius 2 is 1.87 bits per heavy atom. The predicted molar refractivity (Wildman–Crippen MR) is 119 cm³/mol. The van der Waals surface area contributed by atoms with Gasteiger partial charge in [-0.2, -0.15) is 0 Å². The molecule has 3 rings (SSSR count). The molecule has 0 aliphatic carbocycles. The minimum Gasteiger partial charge on any atom is -0.495 e. The molecule has 3 aromatic rings. The molecule has 0 fully saturated rings. The molecule has 0 spiro atoms. The van der Waals surface area contributed by atoms with Crippen LogP contribution < -0.4 is 15.4 Å². The molecule has 0 aliphatic heterocycles. The Morgan fingerprint density at radius 3 is 2.60 bits per heavy atom. The number of aromatic nitrogens is 3. The third-order valence-electron chi connectivity index (χ3n) is 4.15. The molecule has 0 aliphatic rings. The van der Waals surface area contributed by atoms with E-state index in [1.807, 2.05) is 24.3 Å². The minimum atomic E-state index is -0.198. The molecule has 0 saturated carbocycles. The molecule has 2 N–H and O–H groups in total.